The third-order valence-corrected chi connectivity index (χ3v) is 7.65. The average Bonchev–Trinajstić information content (AvgIpc) is 3.14. The molecule has 0 spiro atoms. The van der Waals surface area contributed by atoms with Crippen LogP contribution in [0.15, 0.2) is 40.7 Å². The number of oxime groups is 1. The van der Waals surface area contributed by atoms with E-state index in [-0.39, 0.29) is 11.4 Å². The van der Waals surface area contributed by atoms with E-state index in [0.29, 0.717) is 21.2 Å². The molecule has 0 bridgehead atoms. The van der Waals surface area contributed by atoms with Crippen molar-refractivity contribution >= 4 is 68.3 Å². The van der Waals surface area contributed by atoms with Gasteiger partial charge in [0.2, 0.25) is 0 Å². The number of carbonyl (C=O) groups excluding carboxylic acids is 2. The monoisotopic (exact) mass is 465 g/mol. The fourth-order valence-corrected chi connectivity index (χ4v) is 6.06. The van der Waals surface area contributed by atoms with Crippen molar-refractivity contribution in [3.05, 3.63) is 45.4 Å². The highest BCUT2D eigenvalue weighted by Gasteiger charge is 2.54. The van der Waals surface area contributed by atoms with E-state index < -0.39 is 29.2 Å². The Morgan fingerprint density at radius 2 is 2.17 bits per heavy atom. The van der Waals surface area contributed by atoms with Crippen LogP contribution in [0.5, 0.6) is 0 Å². The van der Waals surface area contributed by atoms with Crippen molar-refractivity contribution in [3.8, 4) is 0 Å². The summed E-state index contributed by atoms with van der Waals surface area (Å²) in [5, 5.41) is 16.8. The lowest BCUT2D eigenvalue weighted by Gasteiger charge is -2.49. The first-order chi connectivity index (χ1) is 14.3. The van der Waals surface area contributed by atoms with Crippen LogP contribution in [0.3, 0.4) is 0 Å². The van der Waals surface area contributed by atoms with E-state index in [4.69, 9.17) is 16.4 Å². The van der Waals surface area contributed by atoms with Crippen LogP contribution in [0.4, 0.5) is 0 Å². The molecule has 156 valence electrons. The third-order valence-electron chi connectivity index (χ3n) is 4.79. The van der Waals surface area contributed by atoms with E-state index in [9.17, 15) is 19.5 Å². The second-order valence-corrected chi connectivity index (χ2v) is 9.28. The normalized spacial score (nSPS) is 21.4. The van der Waals surface area contributed by atoms with E-state index in [1.807, 2.05) is 12.1 Å². The van der Waals surface area contributed by atoms with Gasteiger partial charge in [-0.25, -0.2) is 4.79 Å². The number of nitrogens with one attached hydrogen (secondary N) is 1. The first kappa shape index (κ1) is 20.7. The van der Waals surface area contributed by atoms with Crippen molar-refractivity contribution in [1.29, 1.82) is 0 Å². The van der Waals surface area contributed by atoms with E-state index in [1.165, 1.54) is 35.1 Å². The first-order valence-electron chi connectivity index (χ1n) is 8.81. The smallest absolute Gasteiger partial charge is 0.352 e. The zero-order chi connectivity index (χ0) is 21.6. The van der Waals surface area contributed by atoms with Gasteiger partial charge in [-0.2, -0.15) is 0 Å². The van der Waals surface area contributed by atoms with Crippen LogP contribution in [-0.2, 0) is 19.2 Å². The summed E-state index contributed by atoms with van der Waals surface area (Å²) in [5.74, 6) is -1.73. The lowest BCUT2D eigenvalue weighted by atomic mass is 10.0. The standard InChI is InChI=1S/C19H16ClN3O5S2/c1-8-7-29-18-14(17(25)23(18)15(8)19(26)27)21-16(24)13(22-28-2)12-6-9-10(20)4-3-5-11(9)30-12/h3-6,14,18H,7H2,1-2H3,(H,21,24)(H,26,27)/b22-13+/t14?,18-/m1/s1. The van der Waals surface area contributed by atoms with Crippen molar-refractivity contribution < 1.29 is 24.3 Å². The van der Waals surface area contributed by atoms with Crippen LogP contribution >= 0.6 is 34.7 Å². The number of benzene rings is 1. The minimum atomic E-state index is -1.15. The molecule has 1 aromatic carbocycles. The van der Waals surface area contributed by atoms with Crippen molar-refractivity contribution in [2.45, 2.75) is 18.3 Å². The summed E-state index contributed by atoms with van der Waals surface area (Å²) in [6, 6.07) is 6.36. The number of halogens is 1. The molecule has 1 aromatic heterocycles. The second kappa shape index (κ2) is 7.93. The molecule has 4 rings (SSSR count). The van der Waals surface area contributed by atoms with Crippen molar-refractivity contribution in [3.63, 3.8) is 0 Å². The predicted octanol–water partition coefficient (Wildman–Crippen LogP) is 2.66. The minimum absolute atomic E-state index is 0.0146. The van der Waals surface area contributed by atoms with Crippen molar-refractivity contribution in [2.75, 3.05) is 12.9 Å². The Balaban J connectivity index is 1.58. The molecule has 2 N–H and O–H groups in total. The Bertz CT molecular complexity index is 1140. The Morgan fingerprint density at radius 3 is 2.83 bits per heavy atom. The Kier molecular flexibility index (Phi) is 5.48. The summed E-state index contributed by atoms with van der Waals surface area (Å²) >= 11 is 8.96. The van der Waals surface area contributed by atoms with Crippen LogP contribution in [-0.4, -0.2) is 57.8 Å². The first-order valence-corrected chi connectivity index (χ1v) is 11.1. The largest absolute Gasteiger partial charge is 0.477 e. The summed E-state index contributed by atoms with van der Waals surface area (Å²) in [4.78, 5) is 43.7. The van der Waals surface area contributed by atoms with Gasteiger partial charge >= 0.3 is 5.97 Å². The topological polar surface area (TPSA) is 108 Å². The zero-order valence-electron chi connectivity index (χ0n) is 15.8. The molecule has 0 radical (unpaired) electrons. The molecular weight excluding hydrogens is 450 g/mol. The lowest BCUT2D eigenvalue weighted by Crippen LogP contribution is -2.71. The summed E-state index contributed by atoms with van der Waals surface area (Å²) in [6.07, 6.45) is 0. The third kappa shape index (κ3) is 3.34. The van der Waals surface area contributed by atoms with Gasteiger partial charge in [-0.05, 0) is 30.7 Å². The van der Waals surface area contributed by atoms with Crippen LogP contribution in [0.1, 0.15) is 11.8 Å². The fourth-order valence-electron chi connectivity index (χ4n) is 3.42. The molecule has 1 unspecified atom stereocenters. The molecule has 2 amide bonds. The average molecular weight is 466 g/mol. The van der Waals surface area contributed by atoms with Crippen molar-refractivity contribution in [2.24, 2.45) is 5.16 Å². The van der Waals surface area contributed by atoms with Gasteiger partial charge in [0.05, 0.1) is 4.88 Å². The number of carboxylic acid groups (broad SMARTS) is 1. The van der Waals surface area contributed by atoms with Gasteiger partial charge in [0.1, 0.15) is 24.2 Å². The molecule has 1 saturated heterocycles. The van der Waals surface area contributed by atoms with Gasteiger partial charge < -0.3 is 15.3 Å². The van der Waals surface area contributed by atoms with Crippen LogP contribution < -0.4 is 5.32 Å². The number of thiophene rings is 1. The molecule has 2 aliphatic rings. The number of nitrogens with zero attached hydrogens (tertiary/aromatic N) is 2. The molecule has 8 nitrogen and oxygen atoms in total. The maximum Gasteiger partial charge on any atom is 0.352 e. The highest BCUT2D eigenvalue weighted by Crippen LogP contribution is 2.40. The number of amides is 2. The molecule has 3 heterocycles. The molecule has 11 heteroatoms. The minimum Gasteiger partial charge on any atom is -0.477 e. The molecule has 2 aliphatic heterocycles. The molecule has 30 heavy (non-hydrogen) atoms. The van der Waals surface area contributed by atoms with Gasteiger partial charge in [-0.1, -0.05) is 22.8 Å². The summed E-state index contributed by atoms with van der Waals surface area (Å²) in [5.41, 5.74) is 0.622. The number of hydrogen-bond acceptors (Lipinski definition) is 7. The number of β-lactam (4-membered cyclic amide) rings is 1. The predicted molar refractivity (Wildman–Crippen MR) is 116 cm³/mol. The van der Waals surface area contributed by atoms with Crippen LogP contribution in [0.2, 0.25) is 5.02 Å². The number of aliphatic carboxylic acids is 1. The molecule has 2 aromatic rings. The number of carboxylic acids is 1. The Morgan fingerprint density at radius 1 is 1.40 bits per heavy atom. The van der Waals surface area contributed by atoms with Gasteiger partial charge in [-0.3, -0.25) is 14.5 Å². The summed E-state index contributed by atoms with van der Waals surface area (Å²) < 4.78 is 0.884. The Hall–Kier alpha value is -2.56. The van der Waals surface area contributed by atoms with Gasteiger partial charge in [0, 0.05) is 20.9 Å². The zero-order valence-corrected chi connectivity index (χ0v) is 18.2. The molecule has 0 saturated carbocycles. The van der Waals surface area contributed by atoms with E-state index >= 15 is 0 Å². The van der Waals surface area contributed by atoms with Gasteiger partial charge in [-0.15, -0.1) is 23.1 Å². The van der Waals surface area contributed by atoms with E-state index in [1.54, 1.807) is 19.1 Å². The van der Waals surface area contributed by atoms with Crippen LogP contribution in [0, 0.1) is 0 Å². The number of rotatable bonds is 5. The Labute approximate surface area is 184 Å². The van der Waals surface area contributed by atoms with Gasteiger partial charge in [0.25, 0.3) is 11.8 Å². The number of carbonyl (C=O) groups is 3. The quantitative estimate of drug-likeness (QED) is 0.399. The molecule has 2 atom stereocenters. The van der Waals surface area contributed by atoms with Gasteiger partial charge in [0.15, 0.2) is 5.71 Å². The van der Waals surface area contributed by atoms with Crippen LogP contribution in [0.25, 0.3) is 10.1 Å². The molecule has 1 fully saturated rings. The maximum absolute atomic E-state index is 12.9. The van der Waals surface area contributed by atoms with Crippen molar-refractivity contribution in [1.82, 2.24) is 10.2 Å². The summed E-state index contributed by atoms with van der Waals surface area (Å²) in [6.45, 7) is 1.68. The maximum atomic E-state index is 12.9. The fraction of sp³-hybridized carbons (Fsp3) is 0.263. The summed E-state index contributed by atoms with van der Waals surface area (Å²) in [7, 11) is 1.33. The SMILES string of the molecule is CO/N=C(/C(=O)NC1C(=O)N2C(C(=O)O)=C(C)CS[C@H]12)c1cc2c(Cl)cccc2s1. The lowest BCUT2D eigenvalue weighted by molar-refractivity contribution is -0.150. The second-order valence-electron chi connectivity index (χ2n) is 6.68. The molecular formula is C19H16ClN3O5S2. The van der Waals surface area contributed by atoms with E-state index in [2.05, 4.69) is 10.5 Å². The highest BCUT2D eigenvalue weighted by atomic mass is 35.5. The number of fused-ring (bicyclic) bond motifs is 2. The molecule has 0 aliphatic carbocycles. The highest BCUT2D eigenvalue weighted by molar-refractivity contribution is 8.00. The number of thioether (sulfide) groups is 1. The number of hydrogen-bond donors (Lipinski definition) is 2. The van der Waals surface area contributed by atoms with E-state index in [0.717, 1.165) is 10.1 Å².